The number of methoxy groups -OCH3 is 1. The lowest BCUT2D eigenvalue weighted by Gasteiger charge is -2.08. The van der Waals surface area contributed by atoms with Gasteiger partial charge in [-0.2, -0.15) is 0 Å². The van der Waals surface area contributed by atoms with E-state index in [0.29, 0.717) is 24.5 Å². The molecule has 0 fully saturated rings. The first-order valence-electron chi connectivity index (χ1n) is 6.21. The van der Waals surface area contributed by atoms with Crippen molar-refractivity contribution in [3.63, 3.8) is 0 Å². The highest BCUT2D eigenvalue weighted by molar-refractivity contribution is 7.84. The molecule has 5 nitrogen and oxygen atoms in total. The zero-order chi connectivity index (χ0) is 15.0. The van der Waals surface area contributed by atoms with Crippen LogP contribution in [-0.4, -0.2) is 35.3 Å². The molecule has 0 saturated heterocycles. The number of nitrogen functional groups attached to an aromatic ring is 1. The molecule has 1 unspecified atom stereocenters. The van der Waals surface area contributed by atoms with E-state index in [0.717, 1.165) is 6.07 Å². The van der Waals surface area contributed by atoms with E-state index in [2.05, 4.69) is 5.32 Å². The van der Waals surface area contributed by atoms with E-state index in [1.54, 1.807) is 7.11 Å². The number of amides is 1. The summed E-state index contributed by atoms with van der Waals surface area (Å²) >= 11 is 0. The SMILES string of the molecule is COCCCS(=O)CCC(=O)Nc1ccc(F)cc1N. The summed E-state index contributed by atoms with van der Waals surface area (Å²) in [5.41, 5.74) is 6.11. The monoisotopic (exact) mass is 302 g/mol. The minimum atomic E-state index is -1.04. The Morgan fingerprint density at radius 3 is 2.85 bits per heavy atom. The van der Waals surface area contributed by atoms with Crippen LogP contribution in [0.5, 0.6) is 0 Å². The second-order valence-corrected chi connectivity index (χ2v) is 5.92. The summed E-state index contributed by atoms with van der Waals surface area (Å²) in [6.07, 6.45) is 0.839. The first-order chi connectivity index (χ1) is 9.52. The first kappa shape index (κ1) is 16.6. The Bertz CT molecular complexity index is 483. The Morgan fingerprint density at radius 2 is 2.20 bits per heavy atom. The fourth-order valence-electron chi connectivity index (χ4n) is 1.53. The van der Waals surface area contributed by atoms with Crippen LogP contribution in [0.25, 0.3) is 0 Å². The van der Waals surface area contributed by atoms with Crippen molar-refractivity contribution < 1.29 is 18.1 Å². The zero-order valence-electron chi connectivity index (χ0n) is 11.4. The molecule has 1 aromatic carbocycles. The van der Waals surface area contributed by atoms with Gasteiger partial charge in [0.15, 0.2) is 0 Å². The van der Waals surface area contributed by atoms with Crippen molar-refractivity contribution in [3.8, 4) is 0 Å². The van der Waals surface area contributed by atoms with Crippen molar-refractivity contribution in [2.75, 3.05) is 36.3 Å². The summed E-state index contributed by atoms with van der Waals surface area (Å²) in [7, 11) is 0.546. The standard InChI is InChI=1S/C13H19FN2O3S/c1-19-6-2-7-20(18)8-5-13(17)16-12-4-3-10(14)9-11(12)15/h3-4,9H,2,5-8,15H2,1H3,(H,16,17). The fraction of sp³-hybridized carbons (Fsp3) is 0.462. The molecular formula is C13H19FN2O3S. The molecule has 0 aliphatic rings. The van der Waals surface area contributed by atoms with E-state index in [1.807, 2.05) is 0 Å². The molecule has 0 heterocycles. The van der Waals surface area contributed by atoms with Gasteiger partial charge in [0, 0.05) is 42.4 Å². The van der Waals surface area contributed by atoms with E-state index in [9.17, 15) is 13.4 Å². The third-order valence-electron chi connectivity index (χ3n) is 2.56. The van der Waals surface area contributed by atoms with E-state index >= 15 is 0 Å². The van der Waals surface area contributed by atoms with E-state index in [4.69, 9.17) is 10.5 Å². The Balaban J connectivity index is 2.34. The summed E-state index contributed by atoms with van der Waals surface area (Å²) < 4.78 is 29.3. The maximum absolute atomic E-state index is 12.8. The number of anilines is 2. The lowest BCUT2D eigenvalue weighted by Crippen LogP contribution is -2.17. The van der Waals surface area contributed by atoms with Gasteiger partial charge in [0.05, 0.1) is 11.4 Å². The maximum atomic E-state index is 12.8. The highest BCUT2D eigenvalue weighted by atomic mass is 32.2. The Kier molecular flexibility index (Phi) is 7.17. The summed E-state index contributed by atoms with van der Waals surface area (Å²) in [6.45, 7) is 0.560. The van der Waals surface area contributed by atoms with Crippen molar-refractivity contribution in [1.82, 2.24) is 0 Å². The molecule has 0 radical (unpaired) electrons. The third-order valence-corrected chi connectivity index (χ3v) is 3.97. The number of nitrogens with one attached hydrogen (secondary N) is 1. The number of hydrogen-bond donors (Lipinski definition) is 2. The van der Waals surface area contributed by atoms with Gasteiger partial charge >= 0.3 is 0 Å². The average Bonchev–Trinajstić information content (AvgIpc) is 2.40. The van der Waals surface area contributed by atoms with E-state index < -0.39 is 16.6 Å². The predicted molar refractivity (Wildman–Crippen MR) is 78.4 cm³/mol. The summed E-state index contributed by atoms with van der Waals surface area (Å²) in [5, 5.41) is 2.57. The van der Waals surface area contributed by atoms with Gasteiger partial charge in [0.25, 0.3) is 0 Å². The fourth-order valence-corrected chi connectivity index (χ4v) is 2.59. The molecule has 20 heavy (non-hydrogen) atoms. The van der Waals surface area contributed by atoms with Gasteiger partial charge in [-0.05, 0) is 24.6 Å². The molecule has 1 atom stereocenters. The van der Waals surface area contributed by atoms with Crippen LogP contribution in [0.3, 0.4) is 0 Å². The Hall–Kier alpha value is -1.47. The van der Waals surface area contributed by atoms with Crippen molar-refractivity contribution in [1.29, 1.82) is 0 Å². The number of carbonyl (C=O) groups excluding carboxylic acids is 1. The summed E-state index contributed by atoms with van der Waals surface area (Å²) in [6, 6.07) is 3.76. The molecule has 1 rings (SSSR count). The molecule has 0 aromatic heterocycles. The Labute approximate surface area is 120 Å². The van der Waals surface area contributed by atoms with Crippen molar-refractivity contribution >= 4 is 28.1 Å². The number of rotatable bonds is 8. The topological polar surface area (TPSA) is 81.4 Å². The molecular weight excluding hydrogens is 283 g/mol. The van der Waals surface area contributed by atoms with Crippen LogP contribution in [0, 0.1) is 5.82 Å². The Morgan fingerprint density at radius 1 is 1.45 bits per heavy atom. The van der Waals surface area contributed by atoms with Gasteiger partial charge in [-0.15, -0.1) is 0 Å². The van der Waals surface area contributed by atoms with Gasteiger partial charge < -0.3 is 15.8 Å². The minimum Gasteiger partial charge on any atom is -0.397 e. The molecule has 7 heteroatoms. The molecule has 0 spiro atoms. The third kappa shape index (κ3) is 6.12. The van der Waals surface area contributed by atoms with Gasteiger partial charge in [0.1, 0.15) is 5.82 Å². The smallest absolute Gasteiger partial charge is 0.225 e. The van der Waals surface area contributed by atoms with Gasteiger partial charge in [-0.25, -0.2) is 4.39 Å². The predicted octanol–water partition coefficient (Wildman–Crippen LogP) is 1.52. The number of ether oxygens (including phenoxy) is 1. The molecule has 0 bridgehead atoms. The van der Waals surface area contributed by atoms with Crippen molar-refractivity contribution in [2.24, 2.45) is 0 Å². The molecule has 3 N–H and O–H groups in total. The van der Waals surface area contributed by atoms with Crippen LogP contribution in [0.2, 0.25) is 0 Å². The normalized spacial score (nSPS) is 12.1. The molecule has 112 valence electrons. The summed E-state index contributed by atoms with van der Waals surface area (Å²) in [5.74, 6) is 0.0550. The van der Waals surface area contributed by atoms with Gasteiger partial charge in [-0.3, -0.25) is 9.00 Å². The molecule has 0 aliphatic carbocycles. The van der Waals surface area contributed by atoms with Crippen LogP contribution in [0.1, 0.15) is 12.8 Å². The minimum absolute atomic E-state index is 0.135. The number of halogens is 1. The highest BCUT2D eigenvalue weighted by Crippen LogP contribution is 2.19. The van der Waals surface area contributed by atoms with Gasteiger partial charge in [-0.1, -0.05) is 0 Å². The molecule has 0 saturated carbocycles. The largest absolute Gasteiger partial charge is 0.397 e. The van der Waals surface area contributed by atoms with Crippen LogP contribution < -0.4 is 11.1 Å². The molecule has 0 aliphatic heterocycles. The van der Waals surface area contributed by atoms with Crippen LogP contribution in [0.4, 0.5) is 15.8 Å². The number of benzene rings is 1. The zero-order valence-corrected chi connectivity index (χ0v) is 12.2. The van der Waals surface area contributed by atoms with E-state index in [-0.39, 0.29) is 23.8 Å². The number of nitrogens with two attached hydrogens (primary N) is 1. The lowest BCUT2D eigenvalue weighted by molar-refractivity contribution is -0.115. The lowest BCUT2D eigenvalue weighted by atomic mass is 10.2. The first-order valence-corrected chi connectivity index (χ1v) is 7.70. The van der Waals surface area contributed by atoms with Crippen LogP contribution in [-0.2, 0) is 20.3 Å². The highest BCUT2D eigenvalue weighted by Gasteiger charge is 2.08. The van der Waals surface area contributed by atoms with E-state index in [1.165, 1.54) is 12.1 Å². The maximum Gasteiger partial charge on any atom is 0.225 e. The van der Waals surface area contributed by atoms with Crippen molar-refractivity contribution in [3.05, 3.63) is 24.0 Å². The second kappa shape index (κ2) is 8.65. The number of hydrogen-bond acceptors (Lipinski definition) is 4. The summed E-state index contributed by atoms with van der Waals surface area (Å²) in [4.78, 5) is 11.7. The van der Waals surface area contributed by atoms with Gasteiger partial charge in [0.2, 0.25) is 5.91 Å². The van der Waals surface area contributed by atoms with Crippen LogP contribution in [0.15, 0.2) is 18.2 Å². The quantitative estimate of drug-likeness (QED) is 0.563. The molecule has 1 aromatic rings. The molecule has 1 amide bonds. The average molecular weight is 302 g/mol. The van der Waals surface area contributed by atoms with Crippen LogP contribution >= 0.6 is 0 Å². The second-order valence-electron chi connectivity index (χ2n) is 4.22. The number of carbonyl (C=O) groups is 1. The van der Waals surface area contributed by atoms with Crippen molar-refractivity contribution in [2.45, 2.75) is 12.8 Å².